The lowest BCUT2D eigenvalue weighted by Gasteiger charge is -2.06. The molecule has 4 heteroatoms. The number of aromatic nitrogens is 3. The molecule has 0 spiro atoms. The van der Waals surface area contributed by atoms with Crippen molar-refractivity contribution in [3.8, 4) is 0 Å². The monoisotopic (exact) mass is 258 g/mol. The lowest BCUT2D eigenvalue weighted by atomic mass is 10.1. The minimum atomic E-state index is 0.447. The molecule has 102 valence electrons. The summed E-state index contributed by atoms with van der Waals surface area (Å²) in [7, 11) is 0. The molecule has 0 aromatic carbocycles. The third-order valence-electron chi connectivity index (χ3n) is 3.78. The van der Waals surface area contributed by atoms with Crippen LogP contribution in [-0.2, 0) is 0 Å². The Balaban J connectivity index is 1.70. The van der Waals surface area contributed by atoms with Crippen molar-refractivity contribution in [2.24, 2.45) is 5.92 Å². The van der Waals surface area contributed by atoms with Gasteiger partial charge in [0, 0.05) is 18.9 Å². The van der Waals surface area contributed by atoms with Crippen molar-refractivity contribution >= 4 is 11.3 Å². The summed E-state index contributed by atoms with van der Waals surface area (Å²) in [5.74, 6) is 2.41. The van der Waals surface area contributed by atoms with Crippen LogP contribution in [0.15, 0.2) is 18.5 Å². The maximum Gasteiger partial charge on any atom is 0.152 e. The molecular weight excluding hydrogens is 236 g/mol. The van der Waals surface area contributed by atoms with Crippen molar-refractivity contribution in [3.63, 3.8) is 0 Å². The Hall–Kier alpha value is -1.58. The fourth-order valence-corrected chi connectivity index (χ4v) is 2.36. The normalized spacial score (nSPS) is 15.3. The van der Waals surface area contributed by atoms with E-state index in [2.05, 4.69) is 35.3 Å². The molecule has 3 rings (SSSR count). The minimum Gasteiger partial charge on any atom is -0.368 e. The average molecular weight is 258 g/mol. The highest BCUT2D eigenvalue weighted by Crippen LogP contribution is 2.33. The van der Waals surface area contributed by atoms with Gasteiger partial charge < -0.3 is 5.32 Å². The second-order valence-corrected chi connectivity index (χ2v) is 5.84. The van der Waals surface area contributed by atoms with Crippen LogP contribution in [-0.4, -0.2) is 21.1 Å². The highest BCUT2D eigenvalue weighted by Gasteiger charge is 2.20. The fraction of sp³-hybridized carbons (Fsp3) is 0.600. The Bertz CT molecular complexity index is 554. The van der Waals surface area contributed by atoms with Gasteiger partial charge in [0.15, 0.2) is 5.82 Å². The quantitative estimate of drug-likeness (QED) is 0.807. The van der Waals surface area contributed by atoms with Crippen LogP contribution < -0.4 is 5.32 Å². The lowest BCUT2D eigenvalue weighted by Crippen LogP contribution is -2.05. The molecule has 1 fully saturated rings. The third-order valence-corrected chi connectivity index (χ3v) is 3.78. The topological polar surface area (TPSA) is 42.2 Å². The summed E-state index contributed by atoms with van der Waals surface area (Å²) in [6, 6.07) is 2.14. The van der Waals surface area contributed by atoms with Gasteiger partial charge in [0.05, 0.1) is 5.69 Å². The maximum absolute atomic E-state index is 4.58. The molecule has 2 heterocycles. The van der Waals surface area contributed by atoms with Crippen LogP contribution in [0, 0.1) is 5.92 Å². The molecule has 4 nitrogen and oxygen atoms in total. The summed E-state index contributed by atoms with van der Waals surface area (Å²) in [6.07, 6.45) is 9.19. The van der Waals surface area contributed by atoms with E-state index in [0.29, 0.717) is 5.92 Å². The summed E-state index contributed by atoms with van der Waals surface area (Å²) in [6.45, 7) is 5.33. The largest absolute Gasteiger partial charge is 0.368 e. The van der Waals surface area contributed by atoms with Crippen molar-refractivity contribution in [1.29, 1.82) is 0 Å². The number of hydrogen-bond acceptors (Lipinski definition) is 3. The molecule has 19 heavy (non-hydrogen) atoms. The molecule has 0 radical (unpaired) electrons. The van der Waals surface area contributed by atoms with Gasteiger partial charge in [-0.15, -0.1) is 0 Å². The highest BCUT2D eigenvalue weighted by molar-refractivity contribution is 5.67. The van der Waals surface area contributed by atoms with Crippen LogP contribution in [0.5, 0.6) is 0 Å². The first-order valence-corrected chi connectivity index (χ1v) is 7.32. The first-order chi connectivity index (χ1) is 9.24. The zero-order chi connectivity index (χ0) is 13.2. The van der Waals surface area contributed by atoms with Gasteiger partial charge in [-0.2, -0.15) is 5.10 Å². The first-order valence-electron chi connectivity index (χ1n) is 7.32. The predicted octanol–water partition coefficient (Wildman–Crippen LogP) is 3.45. The summed E-state index contributed by atoms with van der Waals surface area (Å²) < 4.78 is 1.92. The molecule has 2 aromatic rings. The van der Waals surface area contributed by atoms with Crippen LogP contribution >= 0.6 is 0 Å². The molecule has 1 saturated carbocycles. The van der Waals surface area contributed by atoms with E-state index >= 15 is 0 Å². The summed E-state index contributed by atoms with van der Waals surface area (Å²) >= 11 is 0. The number of rotatable bonds is 6. The van der Waals surface area contributed by atoms with Crippen LogP contribution in [0.1, 0.15) is 51.1 Å². The Morgan fingerprint density at radius 3 is 3.00 bits per heavy atom. The summed E-state index contributed by atoms with van der Waals surface area (Å²) in [4.78, 5) is 4.44. The van der Waals surface area contributed by atoms with Crippen LogP contribution in [0.2, 0.25) is 0 Å². The van der Waals surface area contributed by atoms with Gasteiger partial charge in [0.25, 0.3) is 0 Å². The number of nitrogens with zero attached hydrogens (tertiary/aromatic N) is 3. The molecular formula is C15H22N4. The number of anilines is 1. The van der Waals surface area contributed by atoms with E-state index in [1.807, 2.05) is 16.9 Å². The second-order valence-electron chi connectivity index (χ2n) is 5.84. The molecule has 0 unspecified atom stereocenters. The molecule has 0 bridgehead atoms. The van der Waals surface area contributed by atoms with E-state index < -0.39 is 0 Å². The SMILES string of the molecule is CC(C)c1cc2c(NCCCC3CC3)nccn2n1. The molecule has 2 aromatic heterocycles. The van der Waals surface area contributed by atoms with Crippen molar-refractivity contribution in [3.05, 3.63) is 24.2 Å². The van der Waals surface area contributed by atoms with Gasteiger partial charge in [0.2, 0.25) is 0 Å². The van der Waals surface area contributed by atoms with Crippen LogP contribution in [0.3, 0.4) is 0 Å². The van der Waals surface area contributed by atoms with E-state index in [1.54, 1.807) is 0 Å². The smallest absolute Gasteiger partial charge is 0.152 e. The predicted molar refractivity (Wildman–Crippen MR) is 77.5 cm³/mol. The maximum atomic E-state index is 4.58. The van der Waals surface area contributed by atoms with E-state index in [4.69, 9.17) is 0 Å². The Morgan fingerprint density at radius 2 is 2.26 bits per heavy atom. The minimum absolute atomic E-state index is 0.447. The van der Waals surface area contributed by atoms with Gasteiger partial charge in [-0.3, -0.25) is 0 Å². The van der Waals surface area contributed by atoms with Crippen LogP contribution in [0.25, 0.3) is 5.52 Å². The Kier molecular flexibility index (Phi) is 3.40. The summed E-state index contributed by atoms with van der Waals surface area (Å²) in [5, 5.41) is 8.03. The van der Waals surface area contributed by atoms with Crippen molar-refractivity contribution in [1.82, 2.24) is 14.6 Å². The van der Waals surface area contributed by atoms with E-state index in [-0.39, 0.29) is 0 Å². The lowest BCUT2D eigenvalue weighted by molar-refractivity contribution is 0.686. The van der Waals surface area contributed by atoms with Gasteiger partial charge in [-0.25, -0.2) is 9.50 Å². The zero-order valence-electron chi connectivity index (χ0n) is 11.8. The average Bonchev–Trinajstić information content (AvgIpc) is 3.10. The standard InChI is InChI=1S/C15H22N4/c1-11(2)13-10-14-15(17-8-9-19(14)18-13)16-7-3-4-12-5-6-12/h8-12H,3-7H2,1-2H3,(H,16,17). The fourth-order valence-electron chi connectivity index (χ4n) is 2.36. The molecule has 1 aliphatic rings. The van der Waals surface area contributed by atoms with Gasteiger partial charge >= 0.3 is 0 Å². The number of hydrogen-bond donors (Lipinski definition) is 1. The van der Waals surface area contributed by atoms with Gasteiger partial charge in [-0.1, -0.05) is 26.7 Å². The zero-order valence-corrected chi connectivity index (χ0v) is 11.8. The second kappa shape index (κ2) is 5.19. The number of fused-ring (bicyclic) bond motifs is 1. The first kappa shape index (κ1) is 12.5. The van der Waals surface area contributed by atoms with Gasteiger partial charge in [-0.05, 0) is 30.7 Å². The van der Waals surface area contributed by atoms with Crippen LogP contribution in [0.4, 0.5) is 5.82 Å². The van der Waals surface area contributed by atoms with Crippen molar-refractivity contribution in [2.75, 3.05) is 11.9 Å². The van der Waals surface area contributed by atoms with Crippen molar-refractivity contribution < 1.29 is 0 Å². The molecule has 0 atom stereocenters. The highest BCUT2D eigenvalue weighted by atomic mass is 15.2. The number of nitrogens with one attached hydrogen (secondary N) is 1. The summed E-state index contributed by atoms with van der Waals surface area (Å²) in [5.41, 5.74) is 2.20. The van der Waals surface area contributed by atoms with Crippen molar-refractivity contribution in [2.45, 2.75) is 45.4 Å². The molecule has 1 N–H and O–H groups in total. The molecule has 0 saturated heterocycles. The van der Waals surface area contributed by atoms with E-state index in [0.717, 1.165) is 29.5 Å². The van der Waals surface area contributed by atoms with Gasteiger partial charge in [0.1, 0.15) is 5.52 Å². The Morgan fingerprint density at radius 1 is 1.42 bits per heavy atom. The third kappa shape index (κ3) is 2.88. The molecule has 0 amide bonds. The molecule has 0 aliphatic heterocycles. The molecule has 1 aliphatic carbocycles. The Labute approximate surface area is 114 Å². The van der Waals surface area contributed by atoms with E-state index in [9.17, 15) is 0 Å². The van der Waals surface area contributed by atoms with E-state index in [1.165, 1.54) is 25.7 Å².